The maximum Gasteiger partial charge on any atom is 0.305 e. The highest BCUT2D eigenvalue weighted by Crippen LogP contribution is 1.90. The summed E-state index contributed by atoms with van der Waals surface area (Å²) in [5, 5.41) is 10.7. The van der Waals surface area contributed by atoms with Crippen molar-refractivity contribution in [2.24, 2.45) is 0 Å². The number of hydrogen-bond donors (Lipinski definition) is 2. The number of carboxylic acids is 1. The van der Waals surface area contributed by atoms with E-state index in [1.165, 1.54) is 0 Å². The molecule has 68 valence electrons. The van der Waals surface area contributed by atoms with E-state index in [4.69, 9.17) is 5.11 Å². The Balaban J connectivity index is 3.65. The highest BCUT2D eigenvalue weighted by molar-refractivity contribution is 5.92. The Labute approximate surface area is 71.3 Å². The first kappa shape index (κ1) is 10.7. The van der Waals surface area contributed by atoms with Crippen LogP contribution in [-0.4, -0.2) is 23.5 Å². The largest absolute Gasteiger partial charge is 0.481 e. The van der Waals surface area contributed by atoms with E-state index in [0.717, 1.165) is 0 Å². The van der Waals surface area contributed by atoms with Gasteiger partial charge in [0.1, 0.15) is 0 Å². The molecule has 1 amide bonds. The zero-order valence-corrected chi connectivity index (χ0v) is 7.26. The lowest BCUT2D eigenvalue weighted by Crippen LogP contribution is -2.26. The molecule has 0 aromatic carbocycles. The summed E-state index contributed by atoms with van der Waals surface area (Å²) in [6.07, 6.45) is 1.64. The van der Waals surface area contributed by atoms with Crippen molar-refractivity contribution in [3.8, 4) is 0 Å². The van der Waals surface area contributed by atoms with Crippen LogP contribution in [0, 0.1) is 0 Å². The second kappa shape index (κ2) is 5.35. The molecular formula is C8H13NO3. The van der Waals surface area contributed by atoms with E-state index in [1.54, 1.807) is 19.9 Å². The molecule has 0 atom stereocenters. The molecule has 0 spiro atoms. The number of nitrogens with one attached hydrogen (secondary N) is 1. The molecule has 0 saturated carbocycles. The third-order valence-corrected chi connectivity index (χ3v) is 1.42. The molecule has 4 heteroatoms. The number of carbonyl (C=O) groups excluding carboxylic acids is 1. The zero-order chi connectivity index (χ0) is 9.56. The monoisotopic (exact) mass is 171 g/mol. The van der Waals surface area contributed by atoms with Gasteiger partial charge in [-0.2, -0.15) is 0 Å². The predicted molar refractivity (Wildman–Crippen MR) is 44.7 cm³/mol. The molecule has 0 fully saturated rings. The molecule has 2 N–H and O–H groups in total. The number of carbonyl (C=O) groups is 2. The van der Waals surface area contributed by atoms with Gasteiger partial charge in [-0.3, -0.25) is 9.59 Å². The van der Waals surface area contributed by atoms with Gasteiger partial charge in [0, 0.05) is 12.1 Å². The number of allylic oxidation sites excluding steroid dienone is 1. The second-order valence-corrected chi connectivity index (χ2v) is 2.37. The van der Waals surface area contributed by atoms with Gasteiger partial charge in [-0.1, -0.05) is 6.08 Å². The van der Waals surface area contributed by atoms with Gasteiger partial charge in [0.05, 0.1) is 6.42 Å². The highest BCUT2D eigenvalue weighted by Gasteiger charge is 2.02. The summed E-state index contributed by atoms with van der Waals surface area (Å²) in [5.74, 6) is -1.12. The van der Waals surface area contributed by atoms with Crippen molar-refractivity contribution in [3.63, 3.8) is 0 Å². The van der Waals surface area contributed by atoms with Gasteiger partial charge in [0.2, 0.25) is 5.91 Å². The molecule has 0 aliphatic rings. The molecule has 0 unspecified atom stereocenters. The molecule has 12 heavy (non-hydrogen) atoms. The van der Waals surface area contributed by atoms with Gasteiger partial charge in [-0.15, -0.1) is 0 Å². The van der Waals surface area contributed by atoms with Crippen LogP contribution < -0.4 is 5.32 Å². The van der Waals surface area contributed by atoms with Crippen LogP contribution >= 0.6 is 0 Å². The normalized spacial score (nSPS) is 11.0. The van der Waals surface area contributed by atoms with E-state index in [2.05, 4.69) is 5.32 Å². The summed E-state index contributed by atoms with van der Waals surface area (Å²) < 4.78 is 0. The lowest BCUT2D eigenvalue weighted by atomic mass is 10.2. The minimum Gasteiger partial charge on any atom is -0.481 e. The molecule has 0 saturated heterocycles. The van der Waals surface area contributed by atoms with Gasteiger partial charge in [0.15, 0.2) is 0 Å². The number of rotatable bonds is 4. The van der Waals surface area contributed by atoms with Crippen molar-refractivity contribution < 1.29 is 14.7 Å². The van der Waals surface area contributed by atoms with Crippen molar-refractivity contribution in [2.45, 2.75) is 20.3 Å². The molecule has 0 aliphatic carbocycles. The number of amides is 1. The maximum absolute atomic E-state index is 11.0. The van der Waals surface area contributed by atoms with Crippen molar-refractivity contribution in [3.05, 3.63) is 11.6 Å². The van der Waals surface area contributed by atoms with Crippen molar-refractivity contribution in [2.75, 3.05) is 6.54 Å². The Morgan fingerprint density at radius 2 is 2.08 bits per heavy atom. The van der Waals surface area contributed by atoms with E-state index in [1.807, 2.05) is 0 Å². The van der Waals surface area contributed by atoms with E-state index in [-0.39, 0.29) is 18.9 Å². The highest BCUT2D eigenvalue weighted by atomic mass is 16.4. The minimum atomic E-state index is -0.909. The second-order valence-electron chi connectivity index (χ2n) is 2.37. The maximum atomic E-state index is 11.0. The number of aliphatic carboxylic acids is 1. The van der Waals surface area contributed by atoms with Crippen LogP contribution in [0.25, 0.3) is 0 Å². The van der Waals surface area contributed by atoms with Gasteiger partial charge in [-0.25, -0.2) is 0 Å². The molecule has 0 radical (unpaired) electrons. The fraction of sp³-hybridized carbons (Fsp3) is 0.500. The van der Waals surface area contributed by atoms with Crippen LogP contribution in [0.15, 0.2) is 11.6 Å². The molecule has 0 heterocycles. The molecule has 0 aliphatic heterocycles. The van der Waals surface area contributed by atoms with Crippen molar-refractivity contribution in [1.82, 2.24) is 5.32 Å². The SMILES string of the molecule is CC=C(C)C(=O)NCCC(=O)O. The fourth-order valence-electron chi connectivity index (χ4n) is 0.553. The summed E-state index contributed by atoms with van der Waals surface area (Å²) in [7, 11) is 0. The molecule has 4 nitrogen and oxygen atoms in total. The number of hydrogen-bond acceptors (Lipinski definition) is 2. The van der Waals surface area contributed by atoms with Gasteiger partial charge >= 0.3 is 5.97 Å². The Bertz CT molecular complexity index is 208. The Hall–Kier alpha value is -1.32. The number of carboxylic acid groups (broad SMARTS) is 1. The van der Waals surface area contributed by atoms with Gasteiger partial charge in [-0.05, 0) is 13.8 Å². The predicted octanol–water partition coefficient (Wildman–Crippen LogP) is 0.544. The molecule has 0 aromatic rings. The van der Waals surface area contributed by atoms with E-state index in [9.17, 15) is 9.59 Å². The van der Waals surface area contributed by atoms with E-state index < -0.39 is 5.97 Å². The van der Waals surface area contributed by atoms with Crippen molar-refractivity contribution in [1.29, 1.82) is 0 Å². The summed E-state index contributed by atoms with van der Waals surface area (Å²) >= 11 is 0. The third kappa shape index (κ3) is 4.49. The van der Waals surface area contributed by atoms with Crippen LogP contribution in [0.2, 0.25) is 0 Å². The smallest absolute Gasteiger partial charge is 0.305 e. The van der Waals surface area contributed by atoms with Crippen molar-refractivity contribution >= 4 is 11.9 Å². The van der Waals surface area contributed by atoms with Crippen LogP contribution in [0.4, 0.5) is 0 Å². The molecule has 0 bridgehead atoms. The first-order valence-electron chi connectivity index (χ1n) is 3.70. The zero-order valence-electron chi connectivity index (χ0n) is 7.26. The lowest BCUT2D eigenvalue weighted by molar-refractivity contribution is -0.136. The average molecular weight is 171 g/mol. The minimum absolute atomic E-state index is 0.0390. The van der Waals surface area contributed by atoms with Crippen LogP contribution in [0.5, 0.6) is 0 Å². The molecule has 0 rings (SSSR count). The average Bonchev–Trinajstić information content (AvgIpc) is 2.02. The molecule has 0 aromatic heterocycles. The topological polar surface area (TPSA) is 66.4 Å². The van der Waals surface area contributed by atoms with E-state index >= 15 is 0 Å². The summed E-state index contributed by atoms with van der Waals surface area (Å²) in [6.45, 7) is 3.61. The third-order valence-electron chi connectivity index (χ3n) is 1.42. The Morgan fingerprint density at radius 1 is 1.50 bits per heavy atom. The summed E-state index contributed by atoms with van der Waals surface area (Å²) in [4.78, 5) is 21.0. The lowest BCUT2D eigenvalue weighted by Gasteiger charge is -2.01. The van der Waals surface area contributed by atoms with Gasteiger partial charge in [0.25, 0.3) is 0 Å². The summed E-state index contributed by atoms with van der Waals surface area (Å²) in [6, 6.07) is 0. The first-order chi connectivity index (χ1) is 5.57. The quantitative estimate of drug-likeness (QED) is 0.607. The molecular weight excluding hydrogens is 158 g/mol. The summed E-state index contributed by atoms with van der Waals surface area (Å²) in [5.41, 5.74) is 0.598. The Morgan fingerprint density at radius 3 is 2.50 bits per heavy atom. The Kier molecular flexibility index (Phi) is 4.76. The van der Waals surface area contributed by atoms with Gasteiger partial charge < -0.3 is 10.4 Å². The standard InChI is InChI=1S/C8H13NO3/c1-3-6(2)8(12)9-5-4-7(10)11/h3H,4-5H2,1-2H3,(H,9,12)(H,10,11). The van der Waals surface area contributed by atoms with Crippen LogP contribution in [0.3, 0.4) is 0 Å². The van der Waals surface area contributed by atoms with E-state index in [0.29, 0.717) is 5.57 Å². The first-order valence-corrected chi connectivity index (χ1v) is 3.70. The van der Waals surface area contributed by atoms with Crippen LogP contribution in [-0.2, 0) is 9.59 Å². The fourth-order valence-corrected chi connectivity index (χ4v) is 0.553. The van der Waals surface area contributed by atoms with Crippen LogP contribution in [0.1, 0.15) is 20.3 Å².